The number of nitrogens with zero attached hydrogens (tertiary/aromatic N) is 1. The van der Waals surface area contributed by atoms with Crippen LogP contribution in [-0.4, -0.2) is 25.5 Å². The number of aryl methyl sites for hydroxylation is 1. The van der Waals surface area contributed by atoms with Crippen molar-refractivity contribution in [3.8, 4) is 0 Å². The van der Waals surface area contributed by atoms with E-state index in [-0.39, 0.29) is 5.75 Å². The largest absolute Gasteiger partial charge is 0.214 e. The Hall–Kier alpha value is -1.17. The lowest BCUT2D eigenvalue weighted by Crippen LogP contribution is -2.29. The van der Waals surface area contributed by atoms with Gasteiger partial charge in [0, 0.05) is 18.1 Å². The maximum Gasteiger partial charge on any atom is 0.214 e. The molecule has 0 aliphatic heterocycles. The maximum absolute atomic E-state index is 12.3. The monoisotopic (exact) mass is 367 g/mol. The average molecular weight is 368 g/mol. The van der Waals surface area contributed by atoms with Crippen molar-refractivity contribution in [1.82, 2.24) is 4.31 Å². The zero-order valence-electron chi connectivity index (χ0n) is 11.9. The van der Waals surface area contributed by atoms with Crippen LogP contribution in [0, 0.1) is 0 Å². The molecular formula is C16H18BrNO2S. The van der Waals surface area contributed by atoms with Crippen molar-refractivity contribution in [2.24, 2.45) is 0 Å². The molecule has 0 amide bonds. The molecule has 112 valence electrons. The predicted octanol–water partition coefficient (Wildman–Crippen LogP) is 3.45. The highest BCUT2D eigenvalue weighted by Crippen LogP contribution is 2.15. The van der Waals surface area contributed by atoms with Gasteiger partial charge in [0.2, 0.25) is 10.0 Å². The fourth-order valence-corrected chi connectivity index (χ4v) is 3.64. The Morgan fingerprint density at radius 1 is 1.00 bits per heavy atom. The summed E-state index contributed by atoms with van der Waals surface area (Å²) in [4.78, 5) is 0. The number of halogens is 1. The average Bonchev–Trinajstić information content (AvgIpc) is 2.46. The highest BCUT2D eigenvalue weighted by atomic mass is 79.9. The molecule has 2 aromatic rings. The van der Waals surface area contributed by atoms with Crippen LogP contribution in [0.3, 0.4) is 0 Å². The summed E-state index contributed by atoms with van der Waals surface area (Å²) in [6.07, 6.45) is 0.534. The first kappa shape index (κ1) is 16.2. The van der Waals surface area contributed by atoms with Crippen LogP contribution < -0.4 is 0 Å². The minimum absolute atomic E-state index is 0.127. The molecule has 5 heteroatoms. The van der Waals surface area contributed by atoms with E-state index in [1.165, 1.54) is 4.31 Å². The molecule has 0 aromatic heterocycles. The molecule has 0 bridgehead atoms. The fourth-order valence-electron chi connectivity index (χ4n) is 2.04. The van der Waals surface area contributed by atoms with Crippen molar-refractivity contribution in [1.29, 1.82) is 0 Å². The van der Waals surface area contributed by atoms with E-state index >= 15 is 0 Å². The molecule has 0 heterocycles. The highest BCUT2D eigenvalue weighted by molar-refractivity contribution is 9.10. The van der Waals surface area contributed by atoms with E-state index in [1.54, 1.807) is 7.05 Å². The van der Waals surface area contributed by atoms with Crippen LogP contribution in [0.25, 0.3) is 0 Å². The van der Waals surface area contributed by atoms with Gasteiger partial charge >= 0.3 is 0 Å². The summed E-state index contributed by atoms with van der Waals surface area (Å²) in [5, 5.41) is 0. The Morgan fingerprint density at radius 3 is 2.33 bits per heavy atom. The lowest BCUT2D eigenvalue weighted by molar-refractivity contribution is 0.466. The normalized spacial score (nSPS) is 11.8. The van der Waals surface area contributed by atoms with Gasteiger partial charge < -0.3 is 0 Å². The molecule has 0 aliphatic carbocycles. The van der Waals surface area contributed by atoms with E-state index in [0.29, 0.717) is 13.0 Å². The summed E-state index contributed by atoms with van der Waals surface area (Å²) in [6.45, 7) is 0.385. The number of hydrogen-bond donors (Lipinski definition) is 0. The topological polar surface area (TPSA) is 37.4 Å². The molecule has 0 spiro atoms. The molecule has 0 saturated carbocycles. The third-order valence-corrected chi connectivity index (χ3v) is 5.55. The molecule has 2 aromatic carbocycles. The van der Waals surface area contributed by atoms with Crippen LogP contribution in [0.2, 0.25) is 0 Å². The third kappa shape index (κ3) is 4.95. The smallest absolute Gasteiger partial charge is 0.212 e. The van der Waals surface area contributed by atoms with Crippen molar-refractivity contribution in [3.05, 3.63) is 70.2 Å². The molecule has 0 N–H and O–H groups in total. The molecule has 0 aliphatic rings. The predicted molar refractivity (Wildman–Crippen MR) is 89.5 cm³/mol. The van der Waals surface area contributed by atoms with Crippen molar-refractivity contribution in [2.45, 2.75) is 13.0 Å². The Bertz CT molecular complexity index is 686. The Balaban J connectivity index is 1.98. The van der Waals surface area contributed by atoms with Gasteiger partial charge in [0.1, 0.15) is 0 Å². The second-order valence-electron chi connectivity index (χ2n) is 4.94. The van der Waals surface area contributed by atoms with Crippen LogP contribution in [0.5, 0.6) is 0 Å². The summed E-state index contributed by atoms with van der Waals surface area (Å²) in [7, 11) is -1.63. The van der Waals surface area contributed by atoms with Gasteiger partial charge in [0.25, 0.3) is 0 Å². The summed E-state index contributed by atoms with van der Waals surface area (Å²) in [5.41, 5.74) is 2.01. The van der Waals surface area contributed by atoms with Gasteiger partial charge in [0.15, 0.2) is 0 Å². The second kappa shape index (κ2) is 7.20. The second-order valence-corrected chi connectivity index (χ2v) is 8.05. The van der Waals surface area contributed by atoms with Crippen LogP contribution in [0.4, 0.5) is 0 Å². The van der Waals surface area contributed by atoms with Crippen LogP contribution in [-0.2, 0) is 23.0 Å². The quantitative estimate of drug-likeness (QED) is 0.783. The third-order valence-electron chi connectivity index (χ3n) is 3.26. The summed E-state index contributed by atoms with van der Waals surface area (Å²) < 4.78 is 27.0. The van der Waals surface area contributed by atoms with E-state index in [0.717, 1.165) is 15.6 Å². The van der Waals surface area contributed by atoms with Gasteiger partial charge in [0.05, 0.1) is 5.75 Å². The Kier molecular flexibility index (Phi) is 5.56. The lowest BCUT2D eigenvalue weighted by Gasteiger charge is -2.17. The van der Waals surface area contributed by atoms with E-state index < -0.39 is 10.0 Å². The summed E-state index contributed by atoms with van der Waals surface area (Å²) >= 11 is 3.40. The van der Waals surface area contributed by atoms with Crippen LogP contribution >= 0.6 is 15.9 Å². The number of hydrogen-bond acceptors (Lipinski definition) is 2. The molecule has 0 fully saturated rings. The lowest BCUT2D eigenvalue weighted by atomic mass is 10.2. The highest BCUT2D eigenvalue weighted by Gasteiger charge is 2.17. The van der Waals surface area contributed by atoms with E-state index in [9.17, 15) is 8.42 Å². The molecule has 21 heavy (non-hydrogen) atoms. The molecule has 0 saturated heterocycles. The first-order chi connectivity index (χ1) is 9.97. The first-order valence-electron chi connectivity index (χ1n) is 6.70. The molecule has 2 rings (SSSR count). The van der Waals surface area contributed by atoms with Crippen LogP contribution in [0.15, 0.2) is 59.1 Å². The van der Waals surface area contributed by atoms with E-state index in [1.807, 2.05) is 54.6 Å². The molecular weight excluding hydrogens is 350 g/mol. The molecule has 0 unspecified atom stereocenters. The molecule has 0 atom stereocenters. The summed E-state index contributed by atoms with van der Waals surface area (Å²) in [5.74, 6) is 0.127. The van der Waals surface area contributed by atoms with E-state index in [2.05, 4.69) is 15.9 Å². The van der Waals surface area contributed by atoms with Crippen molar-refractivity contribution in [3.63, 3.8) is 0 Å². The SMILES string of the molecule is CN(Cc1cccc(Br)c1)S(=O)(=O)CCc1ccccc1. The van der Waals surface area contributed by atoms with Gasteiger partial charge in [-0.05, 0) is 29.7 Å². The van der Waals surface area contributed by atoms with Gasteiger partial charge in [-0.25, -0.2) is 12.7 Å². The van der Waals surface area contributed by atoms with Gasteiger partial charge in [-0.3, -0.25) is 0 Å². The van der Waals surface area contributed by atoms with Crippen molar-refractivity contribution < 1.29 is 8.42 Å². The minimum Gasteiger partial charge on any atom is -0.212 e. The fraction of sp³-hybridized carbons (Fsp3) is 0.250. The summed E-state index contributed by atoms with van der Waals surface area (Å²) in [6, 6.07) is 17.4. The van der Waals surface area contributed by atoms with E-state index in [4.69, 9.17) is 0 Å². The van der Waals surface area contributed by atoms with Gasteiger partial charge in [-0.1, -0.05) is 58.4 Å². The van der Waals surface area contributed by atoms with Crippen molar-refractivity contribution in [2.75, 3.05) is 12.8 Å². The number of benzene rings is 2. The number of rotatable bonds is 6. The zero-order valence-corrected chi connectivity index (χ0v) is 14.3. The first-order valence-corrected chi connectivity index (χ1v) is 9.10. The maximum atomic E-state index is 12.3. The standard InChI is InChI=1S/C16H18BrNO2S/c1-18(13-15-8-5-9-16(17)12-15)21(19,20)11-10-14-6-3-2-4-7-14/h2-9,12H,10-11,13H2,1H3. The molecule has 3 nitrogen and oxygen atoms in total. The Labute approximate surface area is 134 Å². The van der Waals surface area contributed by atoms with Crippen molar-refractivity contribution >= 4 is 26.0 Å². The van der Waals surface area contributed by atoms with Gasteiger partial charge in [-0.15, -0.1) is 0 Å². The van der Waals surface area contributed by atoms with Crippen LogP contribution in [0.1, 0.15) is 11.1 Å². The molecule has 0 radical (unpaired) electrons. The van der Waals surface area contributed by atoms with Gasteiger partial charge in [-0.2, -0.15) is 0 Å². The Morgan fingerprint density at radius 2 is 1.67 bits per heavy atom. The minimum atomic E-state index is -3.25. The zero-order chi connectivity index (χ0) is 15.3. The number of sulfonamides is 1.